The van der Waals surface area contributed by atoms with Crippen LogP contribution in [0.3, 0.4) is 0 Å². The SMILES string of the molecule is CCC1CCCC(C(=O)Cc2ccsc2)C1. The number of hydrogen-bond acceptors (Lipinski definition) is 2. The summed E-state index contributed by atoms with van der Waals surface area (Å²) in [6, 6.07) is 2.07. The van der Waals surface area contributed by atoms with Crippen molar-refractivity contribution in [2.45, 2.75) is 45.4 Å². The van der Waals surface area contributed by atoms with Gasteiger partial charge in [-0.05, 0) is 41.1 Å². The minimum absolute atomic E-state index is 0.346. The lowest BCUT2D eigenvalue weighted by atomic mass is 9.77. The molecule has 88 valence electrons. The molecule has 0 spiro atoms. The van der Waals surface area contributed by atoms with Gasteiger partial charge in [0.2, 0.25) is 0 Å². The third kappa shape index (κ3) is 2.94. The van der Waals surface area contributed by atoms with Gasteiger partial charge in [0.25, 0.3) is 0 Å². The van der Waals surface area contributed by atoms with Crippen molar-refractivity contribution in [3.63, 3.8) is 0 Å². The first-order chi connectivity index (χ1) is 7.79. The standard InChI is InChI=1S/C14H20OS/c1-2-11-4-3-5-13(8-11)14(15)9-12-6-7-16-10-12/h6-7,10-11,13H,2-5,8-9H2,1H3. The normalized spacial score (nSPS) is 25.6. The first kappa shape index (κ1) is 11.8. The lowest BCUT2D eigenvalue weighted by molar-refractivity contribution is -0.123. The van der Waals surface area contributed by atoms with Crippen LogP contribution in [0, 0.1) is 11.8 Å². The summed E-state index contributed by atoms with van der Waals surface area (Å²) in [5, 5.41) is 4.15. The van der Waals surface area contributed by atoms with Crippen molar-refractivity contribution in [3.8, 4) is 0 Å². The van der Waals surface area contributed by atoms with Gasteiger partial charge in [-0.25, -0.2) is 0 Å². The Labute approximate surface area is 102 Å². The van der Waals surface area contributed by atoms with E-state index < -0.39 is 0 Å². The molecule has 0 aromatic carbocycles. The molecule has 0 amide bonds. The molecule has 0 bridgehead atoms. The van der Waals surface area contributed by atoms with Crippen molar-refractivity contribution in [1.29, 1.82) is 0 Å². The quantitative estimate of drug-likeness (QED) is 0.770. The largest absolute Gasteiger partial charge is 0.299 e. The van der Waals surface area contributed by atoms with Crippen molar-refractivity contribution in [2.24, 2.45) is 11.8 Å². The predicted octanol–water partition coefficient (Wildman–Crippen LogP) is 4.08. The molecule has 16 heavy (non-hydrogen) atoms. The Morgan fingerprint density at radius 2 is 2.38 bits per heavy atom. The van der Waals surface area contributed by atoms with Gasteiger partial charge in [-0.2, -0.15) is 11.3 Å². The number of carbonyl (C=O) groups excluding carboxylic acids is 1. The molecule has 0 radical (unpaired) electrons. The number of hydrogen-bond donors (Lipinski definition) is 0. The molecule has 2 rings (SSSR count). The Morgan fingerprint density at radius 3 is 3.06 bits per heavy atom. The van der Waals surface area contributed by atoms with Gasteiger partial charge >= 0.3 is 0 Å². The fraction of sp³-hybridized carbons (Fsp3) is 0.643. The molecule has 2 unspecified atom stereocenters. The van der Waals surface area contributed by atoms with E-state index in [-0.39, 0.29) is 0 Å². The Balaban J connectivity index is 1.89. The molecule has 2 heteroatoms. The fourth-order valence-electron chi connectivity index (χ4n) is 2.69. The molecule has 0 saturated heterocycles. The number of Topliss-reactive ketones (excluding diaryl/α,β-unsaturated/α-hetero) is 1. The molecule has 1 aromatic heterocycles. The summed E-state index contributed by atoms with van der Waals surface area (Å²) in [7, 11) is 0. The Bertz CT molecular complexity index is 329. The Hall–Kier alpha value is -0.630. The van der Waals surface area contributed by atoms with E-state index in [1.54, 1.807) is 11.3 Å². The number of thiophene rings is 1. The van der Waals surface area contributed by atoms with Gasteiger partial charge < -0.3 is 0 Å². The summed E-state index contributed by atoms with van der Waals surface area (Å²) in [5.41, 5.74) is 1.20. The lowest BCUT2D eigenvalue weighted by Gasteiger charge is -2.27. The van der Waals surface area contributed by atoms with E-state index in [4.69, 9.17) is 0 Å². The second-order valence-corrected chi connectivity index (χ2v) is 5.69. The predicted molar refractivity (Wildman–Crippen MR) is 68.8 cm³/mol. The van der Waals surface area contributed by atoms with E-state index in [1.807, 2.05) is 0 Å². The fourth-order valence-corrected chi connectivity index (χ4v) is 3.36. The maximum Gasteiger partial charge on any atom is 0.140 e. The van der Waals surface area contributed by atoms with Gasteiger partial charge in [0.1, 0.15) is 5.78 Å². The zero-order valence-corrected chi connectivity index (χ0v) is 10.8. The molecule has 1 heterocycles. The minimum Gasteiger partial charge on any atom is -0.299 e. The monoisotopic (exact) mass is 236 g/mol. The molecular formula is C14H20OS. The zero-order chi connectivity index (χ0) is 11.4. The maximum atomic E-state index is 12.1. The highest BCUT2D eigenvalue weighted by Gasteiger charge is 2.25. The molecule has 1 nitrogen and oxygen atoms in total. The van der Waals surface area contributed by atoms with Gasteiger partial charge in [0.05, 0.1) is 0 Å². The number of carbonyl (C=O) groups is 1. The second kappa shape index (κ2) is 5.62. The van der Waals surface area contributed by atoms with E-state index >= 15 is 0 Å². The smallest absolute Gasteiger partial charge is 0.140 e. The molecule has 1 aliphatic rings. The summed E-state index contributed by atoms with van der Waals surface area (Å²) >= 11 is 1.68. The molecule has 1 fully saturated rings. The summed E-state index contributed by atoms with van der Waals surface area (Å²) in [5.74, 6) is 1.61. The number of ketones is 1. The van der Waals surface area contributed by atoms with Crippen LogP contribution in [0.1, 0.15) is 44.6 Å². The van der Waals surface area contributed by atoms with Crippen molar-refractivity contribution in [3.05, 3.63) is 22.4 Å². The van der Waals surface area contributed by atoms with Crippen LogP contribution < -0.4 is 0 Å². The number of rotatable bonds is 4. The first-order valence-corrected chi connectivity index (χ1v) is 7.27. The van der Waals surface area contributed by atoms with Crippen molar-refractivity contribution >= 4 is 17.1 Å². The van der Waals surface area contributed by atoms with E-state index in [1.165, 1.54) is 24.8 Å². The second-order valence-electron chi connectivity index (χ2n) is 4.91. The van der Waals surface area contributed by atoms with E-state index in [2.05, 4.69) is 23.8 Å². The maximum absolute atomic E-state index is 12.1. The summed E-state index contributed by atoms with van der Waals surface area (Å²) < 4.78 is 0. The lowest BCUT2D eigenvalue weighted by Crippen LogP contribution is -2.23. The van der Waals surface area contributed by atoms with Crippen LogP contribution in [0.2, 0.25) is 0 Å². The van der Waals surface area contributed by atoms with Crippen molar-refractivity contribution in [1.82, 2.24) is 0 Å². The molecule has 1 aliphatic carbocycles. The minimum atomic E-state index is 0.346. The zero-order valence-electron chi connectivity index (χ0n) is 9.95. The van der Waals surface area contributed by atoms with Crippen LogP contribution in [0.15, 0.2) is 16.8 Å². The van der Waals surface area contributed by atoms with Gasteiger partial charge in [-0.15, -0.1) is 0 Å². The molecule has 0 N–H and O–H groups in total. The summed E-state index contributed by atoms with van der Waals surface area (Å²) in [6.07, 6.45) is 6.74. The summed E-state index contributed by atoms with van der Waals surface area (Å²) in [6.45, 7) is 2.25. The molecular weight excluding hydrogens is 216 g/mol. The Kier molecular flexibility index (Phi) is 4.16. The molecule has 1 aromatic rings. The van der Waals surface area contributed by atoms with E-state index in [0.717, 1.165) is 18.8 Å². The third-order valence-electron chi connectivity index (χ3n) is 3.77. The molecule has 1 saturated carbocycles. The average molecular weight is 236 g/mol. The van der Waals surface area contributed by atoms with Crippen LogP contribution in [0.5, 0.6) is 0 Å². The molecule has 2 atom stereocenters. The van der Waals surface area contributed by atoms with Crippen LogP contribution in [0.25, 0.3) is 0 Å². The Morgan fingerprint density at radius 1 is 1.50 bits per heavy atom. The van der Waals surface area contributed by atoms with Crippen molar-refractivity contribution < 1.29 is 4.79 Å². The van der Waals surface area contributed by atoms with Crippen LogP contribution in [-0.4, -0.2) is 5.78 Å². The van der Waals surface area contributed by atoms with Crippen LogP contribution >= 0.6 is 11.3 Å². The van der Waals surface area contributed by atoms with Gasteiger partial charge in [0.15, 0.2) is 0 Å². The first-order valence-electron chi connectivity index (χ1n) is 6.33. The van der Waals surface area contributed by atoms with Crippen molar-refractivity contribution in [2.75, 3.05) is 0 Å². The van der Waals surface area contributed by atoms with Gasteiger partial charge in [-0.3, -0.25) is 4.79 Å². The topological polar surface area (TPSA) is 17.1 Å². The third-order valence-corrected chi connectivity index (χ3v) is 4.51. The van der Waals surface area contributed by atoms with Crippen LogP contribution in [-0.2, 0) is 11.2 Å². The highest BCUT2D eigenvalue weighted by Crippen LogP contribution is 2.32. The van der Waals surface area contributed by atoms with E-state index in [0.29, 0.717) is 18.1 Å². The van der Waals surface area contributed by atoms with Crippen LogP contribution in [0.4, 0.5) is 0 Å². The highest BCUT2D eigenvalue weighted by atomic mass is 32.1. The van der Waals surface area contributed by atoms with Gasteiger partial charge in [-0.1, -0.05) is 26.2 Å². The summed E-state index contributed by atoms with van der Waals surface area (Å²) in [4.78, 5) is 12.1. The van der Waals surface area contributed by atoms with Gasteiger partial charge in [0, 0.05) is 12.3 Å². The average Bonchev–Trinajstić information content (AvgIpc) is 2.82. The van der Waals surface area contributed by atoms with E-state index in [9.17, 15) is 4.79 Å². The molecule has 0 aliphatic heterocycles. The highest BCUT2D eigenvalue weighted by molar-refractivity contribution is 7.07.